The van der Waals surface area contributed by atoms with Crippen LogP contribution in [0.2, 0.25) is 0 Å². The Morgan fingerprint density at radius 2 is 1.79 bits per heavy atom. The molecule has 3 rings (SSSR count). The lowest BCUT2D eigenvalue weighted by atomic mass is 9.81. The first-order valence-electron chi connectivity index (χ1n) is 5.57. The van der Waals surface area contributed by atoms with Gasteiger partial charge < -0.3 is 14.0 Å². The van der Waals surface area contributed by atoms with Crippen molar-refractivity contribution < 1.29 is 14.0 Å². The number of fused-ring (bicyclic) bond motifs is 1. The van der Waals surface area contributed by atoms with Gasteiger partial charge in [0.15, 0.2) is 0 Å². The van der Waals surface area contributed by atoms with Crippen molar-refractivity contribution in [2.24, 2.45) is 0 Å². The summed E-state index contributed by atoms with van der Waals surface area (Å²) in [5, 5.41) is 3.15. The number of nitrogens with one attached hydrogen (secondary N) is 1. The molecule has 3 atom stereocenters. The lowest BCUT2D eigenvalue weighted by Crippen LogP contribution is -2.36. The number of hydrogen-bond donors (Lipinski definition) is 1. The molecule has 1 N–H and O–H groups in total. The molecule has 4 nitrogen and oxygen atoms in total. The Morgan fingerprint density at radius 1 is 1.07 bits per heavy atom. The van der Waals surface area contributed by atoms with Crippen LogP contribution in [0.3, 0.4) is 0 Å². The van der Waals surface area contributed by atoms with Gasteiger partial charge in [-0.25, -0.2) is 0 Å². The quantitative estimate of drug-likeness (QED) is 0.614. The van der Waals surface area contributed by atoms with Crippen LogP contribution in [-0.2, 0) is 14.0 Å². The maximum Gasteiger partial charge on any atom is 0.489 e. The van der Waals surface area contributed by atoms with E-state index < -0.39 is 0 Å². The molecule has 0 radical (unpaired) electrons. The SMILES string of the molecule is C1CC[C@H]2OB(C3CNCO3)O[C@H]2C1. The first-order valence-corrected chi connectivity index (χ1v) is 5.57. The van der Waals surface area contributed by atoms with Crippen molar-refractivity contribution in [1.29, 1.82) is 0 Å². The van der Waals surface area contributed by atoms with E-state index in [2.05, 4.69) is 5.32 Å². The Labute approximate surface area is 84.4 Å². The fourth-order valence-corrected chi connectivity index (χ4v) is 2.53. The summed E-state index contributed by atoms with van der Waals surface area (Å²) in [5.74, 6) is 0. The van der Waals surface area contributed by atoms with Gasteiger partial charge in [-0.1, -0.05) is 12.8 Å². The smallest absolute Gasteiger partial charge is 0.404 e. The molecule has 78 valence electrons. The summed E-state index contributed by atoms with van der Waals surface area (Å²) in [7, 11) is -0.127. The molecule has 14 heavy (non-hydrogen) atoms. The van der Waals surface area contributed by atoms with Crippen molar-refractivity contribution in [1.82, 2.24) is 5.32 Å². The first-order chi connectivity index (χ1) is 6.93. The van der Waals surface area contributed by atoms with Crippen LogP contribution in [0.25, 0.3) is 0 Å². The van der Waals surface area contributed by atoms with Gasteiger partial charge in [0.2, 0.25) is 0 Å². The zero-order chi connectivity index (χ0) is 9.38. The summed E-state index contributed by atoms with van der Waals surface area (Å²) in [6.07, 6.45) is 5.53. The first kappa shape index (κ1) is 9.15. The highest BCUT2D eigenvalue weighted by atomic mass is 16.7. The van der Waals surface area contributed by atoms with Gasteiger partial charge in [-0.3, -0.25) is 5.32 Å². The Balaban J connectivity index is 1.61. The van der Waals surface area contributed by atoms with Gasteiger partial charge in [-0.15, -0.1) is 0 Å². The summed E-state index contributed by atoms with van der Waals surface area (Å²) >= 11 is 0. The van der Waals surface area contributed by atoms with E-state index >= 15 is 0 Å². The molecular weight excluding hydrogens is 181 g/mol. The van der Waals surface area contributed by atoms with Crippen LogP contribution in [0.1, 0.15) is 25.7 Å². The van der Waals surface area contributed by atoms with E-state index in [0.717, 1.165) is 19.4 Å². The summed E-state index contributed by atoms with van der Waals surface area (Å²) in [4.78, 5) is 0. The molecule has 3 fully saturated rings. The Morgan fingerprint density at radius 3 is 2.36 bits per heavy atom. The van der Waals surface area contributed by atoms with E-state index in [-0.39, 0.29) is 13.1 Å². The van der Waals surface area contributed by atoms with E-state index in [1.54, 1.807) is 0 Å². The van der Waals surface area contributed by atoms with Crippen LogP contribution in [0.5, 0.6) is 0 Å². The van der Waals surface area contributed by atoms with E-state index in [4.69, 9.17) is 14.0 Å². The third kappa shape index (κ3) is 1.58. The van der Waals surface area contributed by atoms with Crippen molar-refractivity contribution in [3.63, 3.8) is 0 Å². The van der Waals surface area contributed by atoms with Crippen LogP contribution >= 0.6 is 0 Å². The molecule has 0 aromatic carbocycles. The molecule has 2 saturated heterocycles. The second-order valence-electron chi connectivity index (χ2n) is 4.31. The topological polar surface area (TPSA) is 39.7 Å². The highest BCUT2D eigenvalue weighted by Gasteiger charge is 2.46. The van der Waals surface area contributed by atoms with Crippen molar-refractivity contribution in [2.75, 3.05) is 13.3 Å². The lowest BCUT2D eigenvalue weighted by Gasteiger charge is -2.22. The van der Waals surface area contributed by atoms with E-state index in [1.807, 2.05) is 0 Å². The predicted molar refractivity (Wildman–Crippen MR) is 51.7 cm³/mol. The zero-order valence-electron chi connectivity index (χ0n) is 8.28. The molecule has 0 amide bonds. The van der Waals surface area contributed by atoms with Gasteiger partial charge in [0, 0.05) is 6.54 Å². The molecule has 1 aliphatic carbocycles. The Kier molecular flexibility index (Phi) is 2.49. The van der Waals surface area contributed by atoms with Crippen LogP contribution < -0.4 is 5.32 Å². The standard InChI is InChI=1S/C9H16BNO3/c1-2-4-8-7(3-1)13-10(14-8)9-5-11-6-12-9/h7-9,11H,1-6H2/t7-,8+,9?. The second-order valence-corrected chi connectivity index (χ2v) is 4.31. The number of rotatable bonds is 1. The molecule has 2 heterocycles. The highest BCUT2D eigenvalue weighted by molar-refractivity contribution is 6.47. The van der Waals surface area contributed by atoms with Crippen LogP contribution in [0.15, 0.2) is 0 Å². The van der Waals surface area contributed by atoms with Gasteiger partial charge in [-0.05, 0) is 12.8 Å². The van der Waals surface area contributed by atoms with Crippen LogP contribution in [0.4, 0.5) is 0 Å². The monoisotopic (exact) mass is 197 g/mol. The van der Waals surface area contributed by atoms with E-state index in [0.29, 0.717) is 18.9 Å². The number of ether oxygens (including phenoxy) is 1. The molecule has 2 aliphatic heterocycles. The van der Waals surface area contributed by atoms with Gasteiger partial charge in [-0.2, -0.15) is 0 Å². The normalized spacial score (nSPS) is 42.9. The zero-order valence-corrected chi connectivity index (χ0v) is 8.28. The Hall–Kier alpha value is -0.0951. The fourth-order valence-electron chi connectivity index (χ4n) is 2.53. The highest BCUT2D eigenvalue weighted by Crippen LogP contribution is 2.31. The second kappa shape index (κ2) is 3.81. The molecule has 0 bridgehead atoms. The molecule has 5 heteroatoms. The molecule has 3 aliphatic rings. The molecule has 0 spiro atoms. The Bertz CT molecular complexity index is 196. The van der Waals surface area contributed by atoms with E-state index in [1.165, 1.54) is 12.8 Å². The van der Waals surface area contributed by atoms with Crippen molar-refractivity contribution in [3.05, 3.63) is 0 Å². The maximum atomic E-state index is 5.86. The minimum absolute atomic E-state index is 0.0978. The minimum Gasteiger partial charge on any atom is -0.404 e. The lowest BCUT2D eigenvalue weighted by molar-refractivity contribution is 0.110. The number of hydrogen-bond acceptors (Lipinski definition) is 4. The predicted octanol–water partition coefficient (Wildman–Crippen LogP) is 0.318. The van der Waals surface area contributed by atoms with Gasteiger partial charge in [0.25, 0.3) is 0 Å². The van der Waals surface area contributed by atoms with E-state index in [9.17, 15) is 0 Å². The van der Waals surface area contributed by atoms with Crippen LogP contribution in [-0.4, -0.2) is 38.6 Å². The molecular formula is C9H16BNO3. The van der Waals surface area contributed by atoms with Crippen LogP contribution in [0, 0.1) is 0 Å². The third-order valence-electron chi connectivity index (χ3n) is 3.31. The van der Waals surface area contributed by atoms with Gasteiger partial charge >= 0.3 is 7.12 Å². The van der Waals surface area contributed by atoms with Gasteiger partial charge in [0.05, 0.1) is 18.9 Å². The van der Waals surface area contributed by atoms with Gasteiger partial charge in [0.1, 0.15) is 6.00 Å². The minimum atomic E-state index is -0.127. The summed E-state index contributed by atoms with van der Waals surface area (Å²) in [5.41, 5.74) is 0. The summed E-state index contributed by atoms with van der Waals surface area (Å²) < 4.78 is 17.2. The summed E-state index contributed by atoms with van der Waals surface area (Å²) in [6.45, 7) is 1.48. The molecule has 1 unspecified atom stereocenters. The molecule has 1 saturated carbocycles. The fraction of sp³-hybridized carbons (Fsp3) is 1.00. The van der Waals surface area contributed by atoms with Crippen molar-refractivity contribution in [3.8, 4) is 0 Å². The average Bonchev–Trinajstić information content (AvgIpc) is 2.86. The average molecular weight is 197 g/mol. The van der Waals surface area contributed by atoms with Crippen molar-refractivity contribution in [2.45, 2.75) is 43.9 Å². The third-order valence-corrected chi connectivity index (χ3v) is 3.31. The van der Waals surface area contributed by atoms with Crippen molar-refractivity contribution >= 4 is 7.12 Å². The maximum absolute atomic E-state index is 5.86. The molecule has 0 aromatic heterocycles. The largest absolute Gasteiger partial charge is 0.489 e. The molecule has 0 aromatic rings. The summed E-state index contributed by atoms with van der Waals surface area (Å²) in [6, 6.07) is 0.0978.